The minimum Gasteiger partial charge on any atom is -0.497 e. The van der Waals surface area contributed by atoms with E-state index in [2.05, 4.69) is 27.9 Å². The average molecular weight is 476 g/mol. The summed E-state index contributed by atoms with van der Waals surface area (Å²) in [6.45, 7) is 2.02. The monoisotopic (exact) mass is 476 g/mol. The molecule has 0 saturated carbocycles. The number of hydrogen-bond acceptors (Lipinski definition) is 4. The lowest BCUT2D eigenvalue weighted by Crippen LogP contribution is -2.54. The third-order valence-corrected chi connectivity index (χ3v) is 4.77. The fourth-order valence-corrected chi connectivity index (χ4v) is 3.39. The largest absolute Gasteiger partial charge is 0.497 e. The highest BCUT2D eigenvalue weighted by atomic mass is 127. The zero-order chi connectivity index (χ0) is 19.6. The second-order valence-electron chi connectivity index (χ2n) is 5.90. The zero-order valence-electron chi connectivity index (χ0n) is 14.8. The van der Waals surface area contributed by atoms with Gasteiger partial charge in [-0.3, -0.25) is 14.9 Å². The number of anilines is 1. The lowest BCUT2D eigenvalue weighted by Gasteiger charge is -2.26. The van der Waals surface area contributed by atoms with Crippen molar-refractivity contribution >= 4 is 52.2 Å². The standard InChI is InChI=1S/C20H17IN2O4/c1-3-12-4-6-15(7-5-12)23-19(25)17(18(24)22-20(23)26)10-13-8-14(21)11-16(9-13)27-2/h4-11H,3H2,1-2H3,(H,22,24,26)/b17-10+. The summed E-state index contributed by atoms with van der Waals surface area (Å²) in [6.07, 6.45) is 2.31. The van der Waals surface area contributed by atoms with Crippen molar-refractivity contribution in [2.75, 3.05) is 12.0 Å². The van der Waals surface area contributed by atoms with E-state index < -0.39 is 17.8 Å². The number of barbiturate groups is 1. The van der Waals surface area contributed by atoms with Gasteiger partial charge < -0.3 is 4.74 Å². The first-order valence-electron chi connectivity index (χ1n) is 8.28. The molecule has 138 valence electrons. The number of imide groups is 2. The number of halogens is 1. The molecule has 0 radical (unpaired) electrons. The van der Waals surface area contributed by atoms with Crippen LogP contribution in [0.3, 0.4) is 0 Å². The number of methoxy groups -OCH3 is 1. The van der Waals surface area contributed by atoms with Gasteiger partial charge in [-0.25, -0.2) is 9.69 Å². The SMILES string of the molecule is CCc1ccc(N2C(=O)NC(=O)/C(=C\c3cc(I)cc(OC)c3)C2=O)cc1. The van der Waals surface area contributed by atoms with E-state index >= 15 is 0 Å². The molecule has 6 nitrogen and oxygen atoms in total. The molecule has 7 heteroatoms. The molecule has 1 saturated heterocycles. The molecule has 1 aliphatic rings. The molecule has 0 aromatic heterocycles. The van der Waals surface area contributed by atoms with Crippen molar-refractivity contribution in [2.24, 2.45) is 0 Å². The lowest BCUT2D eigenvalue weighted by atomic mass is 10.1. The Balaban J connectivity index is 2.00. The summed E-state index contributed by atoms with van der Waals surface area (Å²) in [7, 11) is 1.54. The topological polar surface area (TPSA) is 75.7 Å². The number of nitrogens with one attached hydrogen (secondary N) is 1. The van der Waals surface area contributed by atoms with E-state index in [1.165, 1.54) is 6.08 Å². The predicted molar refractivity (Wildman–Crippen MR) is 111 cm³/mol. The molecule has 0 bridgehead atoms. The highest BCUT2D eigenvalue weighted by molar-refractivity contribution is 14.1. The third kappa shape index (κ3) is 4.02. The highest BCUT2D eigenvalue weighted by Crippen LogP contribution is 2.24. The smallest absolute Gasteiger partial charge is 0.335 e. The summed E-state index contributed by atoms with van der Waals surface area (Å²) in [4.78, 5) is 38.4. The van der Waals surface area contributed by atoms with Gasteiger partial charge in [0, 0.05) is 3.57 Å². The molecule has 0 unspecified atom stereocenters. The van der Waals surface area contributed by atoms with Crippen LogP contribution in [0.5, 0.6) is 5.75 Å². The number of rotatable bonds is 4. The van der Waals surface area contributed by atoms with Gasteiger partial charge >= 0.3 is 6.03 Å². The third-order valence-electron chi connectivity index (χ3n) is 4.14. The van der Waals surface area contributed by atoms with Crippen LogP contribution in [0.1, 0.15) is 18.1 Å². The molecule has 2 aromatic rings. The number of aryl methyl sites for hydroxylation is 1. The van der Waals surface area contributed by atoms with Gasteiger partial charge in [0.1, 0.15) is 11.3 Å². The number of urea groups is 1. The lowest BCUT2D eigenvalue weighted by molar-refractivity contribution is -0.122. The van der Waals surface area contributed by atoms with Crippen LogP contribution in [0.2, 0.25) is 0 Å². The van der Waals surface area contributed by atoms with Gasteiger partial charge in [-0.1, -0.05) is 19.1 Å². The van der Waals surface area contributed by atoms with Crippen molar-refractivity contribution in [3.05, 3.63) is 62.7 Å². The maximum absolute atomic E-state index is 12.9. The predicted octanol–water partition coefficient (Wildman–Crippen LogP) is 3.53. The summed E-state index contributed by atoms with van der Waals surface area (Å²) in [6, 6.07) is 11.7. The molecule has 1 heterocycles. The second kappa shape index (κ2) is 7.91. The molecule has 1 fully saturated rings. The molecule has 1 N–H and O–H groups in total. The summed E-state index contributed by atoms with van der Waals surface area (Å²) >= 11 is 2.12. The number of benzene rings is 2. The van der Waals surface area contributed by atoms with E-state index in [9.17, 15) is 14.4 Å². The maximum Gasteiger partial charge on any atom is 0.335 e. The first-order valence-corrected chi connectivity index (χ1v) is 9.35. The minimum absolute atomic E-state index is 0.113. The molecule has 3 rings (SSSR count). The van der Waals surface area contributed by atoms with E-state index in [1.807, 2.05) is 31.2 Å². The summed E-state index contributed by atoms with van der Waals surface area (Å²) in [5.41, 5.74) is 2.01. The van der Waals surface area contributed by atoms with Gasteiger partial charge in [0.25, 0.3) is 11.8 Å². The van der Waals surface area contributed by atoms with Crippen molar-refractivity contribution < 1.29 is 19.1 Å². The Kier molecular flexibility index (Phi) is 5.59. The van der Waals surface area contributed by atoms with Gasteiger partial charge in [0.2, 0.25) is 0 Å². The Hall–Kier alpha value is -2.68. The number of amides is 4. The molecule has 0 aliphatic carbocycles. The van der Waals surface area contributed by atoms with Crippen LogP contribution >= 0.6 is 22.6 Å². The summed E-state index contributed by atoms with van der Waals surface area (Å²) in [5.74, 6) is -0.768. The van der Waals surface area contributed by atoms with Crippen molar-refractivity contribution in [1.82, 2.24) is 5.32 Å². The maximum atomic E-state index is 12.9. The van der Waals surface area contributed by atoms with E-state index in [0.717, 1.165) is 20.5 Å². The van der Waals surface area contributed by atoms with Gasteiger partial charge in [0.15, 0.2) is 0 Å². The van der Waals surface area contributed by atoms with Crippen molar-refractivity contribution in [2.45, 2.75) is 13.3 Å². The van der Waals surface area contributed by atoms with Gasteiger partial charge in [0.05, 0.1) is 12.8 Å². The summed E-state index contributed by atoms with van der Waals surface area (Å²) < 4.78 is 6.12. The van der Waals surface area contributed by atoms with E-state index in [0.29, 0.717) is 17.0 Å². The van der Waals surface area contributed by atoms with Crippen molar-refractivity contribution in [3.63, 3.8) is 0 Å². The first-order chi connectivity index (χ1) is 12.9. The number of nitrogens with zero attached hydrogens (tertiary/aromatic N) is 1. The fraction of sp³-hybridized carbons (Fsp3) is 0.150. The molecule has 0 atom stereocenters. The van der Waals surface area contributed by atoms with Crippen LogP contribution in [0.15, 0.2) is 48.0 Å². The molecule has 4 amide bonds. The van der Waals surface area contributed by atoms with Crippen LogP contribution in [0, 0.1) is 3.57 Å². The van der Waals surface area contributed by atoms with Gasteiger partial charge in [-0.05, 0) is 76.5 Å². The molecule has 2 aromatic carbocycles. The highest BCUT2D eigenvalue weighted by Gasteiger charge is 2.36. The molecule has 0 spiro atoms. The number of ether oxygens (including phenoxy) is 1. The van der Waals surface area contributed by atoms with Crippen LogP contribution in [-0.2, 0) is 16.0 Å². The Morgan fingerprint density at radius 1 is 1.11 bits per heavy atom. The van der Waals surface area contributed by atoms with E-state index in [-0.39, 0.29) is 5.57 Å². The van der Waals surface area contributed by atoms with E-state index in [4.69, 9.17) is 4.74 Å². The van der Waals surface area contributed by atoms with Gasteiger partial charge in [-0.15, -0.1) is 0 Å². The van der Waals surface area contributed by atoms with Crippen LogP contribution in [0.4, 0.5) is 10.5 Å². The van der Waals surface area contributed by atoms with Crippen molar-refractivity contribution in [3.8, 4) is 5.75 Å². The average Bonchev–Trinajstić information content (AvgIpc) is 2.65. The normalized spacial score (nSPS) is 15.9. The Morgan fingerprint density at radius 2 is 1.81 bits per heavy atom. The Labute approximate surface area is 170 Å². The van der Waals surface area contributed by atoms with Crippen LogP contribution in [-0.4, -0.2) is 25.0 Å². The molecular weight excluding hydrogens is 459 g/mol. The van der Waals surface area contributed by atoms with Crippen LogP contribution < -0.4 is 15.0 Å². The second-order valence-corrected chi connectivity index (χ2v) is 7.15. The van der Waals surface area contributed by atoms with Crippen molar-refractivity contribution in [1.29, 1.82) is 0 Å². The van der Waals surface area contributed by atoms with Crippen LogP contribution in [0.25, 0.3) is 6.08 Å². The quantitative estimate of drug-likeness (QED) is 0.417. The minimum atomic E-state index is -0.758. The fourth-order valence-electron chi connectivity index (χ4n) is 2.72. The number of carbonyl (C=O) groups is 3. The van der Waals surface area contributed by atoms with Gasteiger partial charge in [-0.2, -0.15) is 0 Å². The molecule has 27 heavy (non-hydrogen) atoms. The number of carbonyl (C=O) groups excluding carboxylic acids is 3. The molecule has 1 aliphatic heterocycles. The Bertz CT molecular complexity index is 951. The Morgan fingerprint density at radius 3 is 2.44 bits per heavy atom. The molecular formula is C20H17IN2O4. The summed E-state index contributed by atoms with van der Waals surface area (Å²) in [5, 5.41) is 2.23. The first kappa shape index (κ1) is 19.1. The van der Waals surface area contributed by atoms with E-state index in [1.54, 1.807) is 25.3 Å². The zero-order valence-corrected chi connectivity index (χ0v) is 16.9. The number of hydrogen-bond donors (Lipinski definition) is 1.